The molecule has 6 nitrogen and oxygen atoms in total. The van der Waals surface area contributed by atoms with E-state index in [9.17, 15) is 28.1 Å². The van der Waals surface area contributed by atoms with Gasteiger partial charge < -0.3 is 10.6 Å². The highest BCUT2D eigenvalue weighted by atomic mass is 19.4. The van der Waals surface area contributed by atoms with Crippen LogP contribution in [0.25, 0.3) is 0 Å². The number of nitro groups is 1. The van der Waals surface area contributed by atoms with Gasteiger partial charge in [0.05, 0.1) is 10.5 Å². The largest absolute Gasteiger partial charge is 0.416 e. The predicted octanol–water partition coefficient (Wildman–Crippen LogP) is 4.05. The van der Waals surface area contributed by atoms with Crippen LogP contribution in [0.2, 0.25) is 0 Å². The fourth-order valence-corrected chi connectivity index (χ4v) is 2.09. The number of para-hydroxylation sites is 2. The number of rotatable bonds is 6. The van der Waals surface area contributed by atoms with E-state index in [1.165, 1.54) is 30.3 Å². The van der Waals surface area contributed by atoms with Gasteiger partial charge in [0.1, 0.15) is 5.69 Å². The average Bonchev–Trinajstić information content (AvgIpc) is 2.54. The molecule has 0 atom stereocenters. The van der Waals surface area contributed by atoms with Gasteiger partial charge in [0.25, 0.3) is 5.69 Å². The molecule has 1 amide bonds. The van der Waals surface area contributed by atoms with E-state index in [0.717, 1.165) is 12.1 Å². The highest BCUT2D eigenvalue weighted by Crippen LogP contribution is 2.30. The van der Waals surface area contributed by atoms with Gasteiger partial charge in [0.2, 0.25) is 5.91 Å². The molecule has 0 radical (unpaired) electrons. The first kappa shape index (κ1) is 18.2. The molecule has 0 saturated heterocycles. The second-order valence-corrected chi connectivity index (χ2v) is 5.08. The zero-order valence-corrected chi connectivity index (χ0v) is 12.8. The van der Waals surface area contributed by atoms with E-state index in [4.69, 9.17) is 0 Å². The summed E-state index contributed by atoms with van der Waals surface area (Å²) in [5.74, 6) is -0.509. The predicted molar refractivity (Wildman–Crippen MR) is 86.3 cm³/mol. The molecule has 0 spiro atoms. The summed E-state index contributed by atoms with van der Waals surface area (Å²) in [6.07, 6.45) is -4.56. The minimum Gasteiger partial charge on any atom is -0.379 e. The summed E-state index contributed by atoms with van der Waals surface area (Å²) in [6, 6.07) is 10.3. The van der Waals surface area contributed by atoms with Crippen molar-refractivity contribution in [3.8, 4) is 0 Å². The minimum atomic E-state index is -4.49. The monoisotopic (exact) mass is 353 g/mol. The lowest BCUT2D eigenvalue weighted by atomic mass is 10.2. The van der Waals surface area contributed by atoms with E-state index in [2.05, 4.69) is 10.6 Å². The van der Waals surface area contributed by atoms with Crippen LogP contribution in [0.3, 0.4) is 0 Å². The summed E-state index contributed by atoms with van der Waals surface area (Å²) in [4.78, 5) is 22.1. The minimum absolute atomic E-state index is 0.0329. The van der Waals surface area contributed by atoms with Crippen molar-refractivity contribution in [2.45, 2.75) is 12.6 Å². The molecular formula is C16H14F3N3O3. The van der Waals surface area contributed by atoms with E-state index in [1.54, 1.807) is 6.07 Å². The van der Waals surface area contributed by atoms with Crippen LogP contribution < -0.4 is 10.6 Å². The van der Waals surface area contributed by atoms with Crippen molar-refractivity contribution in [2.75, 3.05) is 17.2 Å². The number of nitrogens with zero attached hydrogens (tertiary/aromatic N) is 1. The third-order valence-electron chi connectivity index (χ3n) is 3.24. The quantitative estimate of drug-likeness (QED) is 0.606. The summed E-state index contributed by atoms with van der Waals surface area (Å²) in [5, 5.41) is 16.0. The van der Waals surface area contributed by atoms with E-state index in [1.807, 2.05) is 0 Å². The van der Waals surface area contributed by atoms with Crippen LogP contribution in [-0.2, 0) is 11.0 Å². The Labute approximate surface area is 140 Å². The van der Waals surface area contributed by atoms with E-state index in [-0.39, 0.29) is 30.0 Å². The molecule has 132 valence electrons. The molecule has 0 fully saturated rings. The fourth-order valence-electron chi connectivity index (χ4n) is 2.09. The van der Waals surface area contributed by atoms with Gasteiger partial charge in [-0.3, -0.25) is 14.9 Å². The second-order valence-electron chi connectivity index (χ2n) is 5.08. The highest BCUT2D eigenvalue weighted by molar-refractivity contribution is 5.91. The van der Waals surface area contributed by atoms with Gasteiger partial charge in [-0.15, -0.1) is 0 Å². The maximum Gasteiger partial charge on any atom is 0.416 e. The maximum absolute atomic E-state index is 12.6. The van der Waals surface area contributed by atoms with Crippen molar-refractivity contribution in [1.82, 2.24) is 0 Å². The average molecular weight is 353 g/mol. The van der Waals surface area contributed by atoms with Gasteiger partial charge in [-0.25, -0.2) is 0 Å². The van der Waals surface area contributed by atoms with Crippen molar-refractivity contribution in [2.24, 2.45) is 0 Å². The Morgan fingerprint density at radius 3 is 2.52 bits per heavy atom. The van der Waals surface area contributed by atoms with Crippen LogP contribution in [0, 0.1) is 10.1 Å². The molecule has 2 rings (SSSR count). The number of anilines is 2. The molecule has 0 heterocycles. The summed E-state index contributed by atoms with van der Waals surface area (Å²) in [5.41, 5.74) is -0.686. The number of nitro benzene ring substituents is 1. The molecule has 2 aromatic carbocycles. The Morgan fingerprint density at radius 1 is 1.12 bits per heavy atom. The number of alkyl halides is 3. The number of carbonyl (C=O) groups excluding carboxylic acids is 1. The van der Waals surface area contributed by atoms with Crippen molar-refractivity contribution in [3.05, 3.63) is 64.2 Å². The van der Waals surface area contributed by atoms with E-state index >= 15 is 0 Å². The van der Waals surface area contributed by atoms with Crippen LogP contribution >= 0.6 is 0 Å². The van der Waals surface area contributed by atoms with Crippen LogP contribution in [0.5, 0.6) is 0 Å². The summed E-state index contributed by atoms with van der Waals surface area (Å²) >= 11 is 0. The smallest absolute Gasteiger partial charge is 0.379 e. The van der Waals surface area contributed by atoms with Gasteiger partial charge in [-0.05, 0) is 24.3 Å². The molecule has 2 N–H and O–H groups in total. The second kappa shape index (κ2) is 7.65. The molecule has 0 saturated carbocycles. The third-order valence-corrected chi connectivity index (χ3v) is 3.24. The van der Waals surface area contributed by atoms with Gasteiger partial charge >= 0.3 is 6.18 Å². The SMILES string of the molecule is O=C(CCNc1ccccc1[N+](=O)[O-])Nc1cccc(C(F)(F)F)c1. The number of hydrogen-bond donors (Lipinski definition) is 2. The van der Waals surface area contributed by atoms with Crippen molar-refractivity contribution >= 4 is 23.0 Å². The number of amides is 1. The van der Waals surface area contributed by atoms with Crippen molar-refractivity contribution < 1.29 is 22.9 Å². The first-order chi connectivity index (χ1) is 11.8. The molecule has 0 aromatic heterocycles. The van der Waals surface area contributed by atoms with E-state index in [0.29, 0.717) is 0 Å². The topological polar surface area (TPSA) is 84.3 Å². The number of nitrogens with one attached hydrogen (secondary N) is 2. The first-order valence-corrected chi connectivity index (χ1v) is 7.22. The van der Waals surface area contributed by atoms with Crippen LogP contribution in [0.15, 0.2) is 48.5 Å². The zero-order valence-electron chi connectivity index (χ0n) is 12.8. The lowest BCUT2D eigenvalue weighted by Gasteiger charge is -2.10. The summed E-state index contributed by atoms with van der Waals surface area (Å²) < 4.78 is 37.9. The van der Waals surface area contributed by atoms with Gasteiger partial charge in [-0.2, -0.15) is 13.2 Å². The maximum atomic E-state index is 12.6. The molecule has 0 bridgehead atoms. The lowest BCUT2D eigenvalue weighted by Crippen LogP contribution is -2.17. The number of hydrogen-bond acceptors (Lipinski definition) is 4. The zero-order chi connectivity index (χ0) is 18.4. The molecule has 0 aliphatic rings. The highest BCUT2D eigenvalue weighted by Gasteiger charge is 2.30. The number of benzene rings is 2. The van der Waals surface area contributed by atoms with Crippen molar-refractivity contribution in [3.63, 3.8) is 0 Å². The lowest BCUT2D eigenvalue weighted by molar-refractivity contribution is -0.384. The fraction of sp³-hybridized carbons (Fsp3) is 0.188. The Kier molecular flexibility index (Phi) is 5.58. The molecule has 9 heteroatoms. The standard InChI is InChI=1S/C16H14F3N3O3/c17-16(18,19)11-4-3-5-12(10-11)21-15(23)8-9-20-13-6-1-2-7-14(13)22(24)25/h1-7,10,20H,8-9H2,(H,21,23). The molecule has 0 aliphatic carbocycles. The van der Waals surface area contributed by atoms with Crippen LogP contribution in [0.1, 0.15) is 12.0 Å². The van der Waals surface area contributed by atoms with Gasteiger partial charge in [0, 0.05) is 24.7 Å². The number of halogens is 3. The Balaban J connectivity index is 1.91. The van der Waals surface area contributed by atoms with Crippen LogP contribution in [-0.4, -0.2) is 17.4 Å². The Bertz CT molecular complexity index is 778. The third kappa shape index (κ3) is 5.20. The molecule has 0 unspecified atom stereocenters. The summed E-state index contributed by atoms with van der Waals surface area (Å²) in [6.45, 7) is 0.0929. The normalized spacial score (nSPS) is 11.0. The first-order valence-electron chi connectivity index (χ1n) is 7.22. The van der Waals surface area contributed by atoms with E-state index < -0.39 is 22.6 Å². The molecular weight excluding hydrogens is 339 g/mol. The number of carbonyl (C=O) groups is 1. The molecule has 0 aliphatic heterocycles. The van der Waals surface area contributed by atoms with Gasteiger partial charge in [-0.1, -0.05) is 18.2 Å². The van der Waals surface area contributed by atoms with Gasteiger partial charge in [0.15, 0.2) is 0 Å². The Hall–Kier alpha value is -3.10. The molecule has 2 aromatic rings. The summed E-state index contributed by atoms with van der Waals surface area (Å²) in [7, 11) is 0. The Morgan fingerprint density at radius 2 is 1.84 bits per heavy atom. The van der Waals surface area contributed by atoms with Crippen LogP contribution in [0.4, 0.5) is 30.2 Å². The molecule has 25 heavy (non-hydrogen) atoms. The van der Waals surface area contributed by atoms with Crippen molar-refractivity contribution in [1.29, 1.82) is 0 Å².